The Balaban J connectivity index is 1.55. The fourth-order valence-electron chi connectivity index (χ4n) is 4.59. The first-order valence-electron chi connectivity index (χ1n) is 12.7. The van der Waals surface area contributed by atoms with Gasteiger partial charge in [0.15, 0.2) is 5.60 Å². The minimum Gasteiger partial charge on any atom is -0.478 e. The highest BCUT2D eigenvalue weighted by atomic mass is 19.4. The number of benzene rings is 3. The van der Waals surface area contributed by atoms with Gasteiger partial charge in [0, 0.05) is 29.2 Å². The number of fused-ring (bicyclic) bond motifs is 1. The molecule has 0 spiro atoms. The van der Waals surface area contributed by atoms with E-state index in [9.17, 15) is 27.9 Å². The zero-order valence-electron chi connectivity index (χ0n) is 22.9. The van der Waals surface area contributed by atoms with Gasteiger partial charge in [-0.1, -0.05) is 30.3 Å². The van der Waals surface area contributed by atoms with Crippen LogP contribution < -0.4 is 10.1 Å². The molecule has 9 heteroatoms. The number of carboxylic acid groups (broad SMARTS) is 1. The number of aromatic nitrogens is 1. The monoisotopic (exact) mass is 552 g/mol. The second kappa shape index (κ2) is 10.7. The molecule has 40 heavy (non-hydrogen) atoms. The van der Waals surface area contributed by atoms with E-state index in [1.54, 1.807) is 25.1 Å². The first-order valence-corrected chi connectivity index (χ1v) is 12.7. The van der Waals surface area contributed by atoms with Crippen molar-refractivity contribution >= 4 is 22.8 Å². The lowest BCUT2D eigenvalue weighted by atomic mass is 10.0. The normalized spacial score (nSPS) is 12.8. The fraction of sp³-hybridized carbons (Fsp3) is 0.290. The van der Waals surface area contributed by atoms with E-state index in [1.807, 2.05) is 42.8 Å². The van der Waals surface area contributed by atoms with Gasteiger partial charge in [0.25, 0.3) is 5.91 Å². The van der Waals surface area contributed by atoms with E-state index in [-0.39, 0.29) is 5.91 Å². The highest BCUT2D eigenvalue weighted by Crippen LogP contribution is 2.31. The van der Waals surface area contributed by atoms with Gasteiger partial charge in [0.1, 0.15) is 5.75 Å². The molecular formula is C31H31F3N2O4. The number of nitrogens with one attached hydrogen (secondary N) is 1. The average molecular weight is 553 g/mol. The maximum absolute atomic E-state index is 13.0. The maximum Gasteiger partial charge on any atom is 0.416 e. The van der Waals surface area contributed by atoms with Gasteiger partial charge in [-0.05, 0) is 87.2 Å². The predicted molar refractivity (Wildman–Crippen MR) is 147 cm³/mol. The third kappa shape index (κ3) is 5.98. The zero-order chi connectivity index (χ0) is 29.4. The Kier molecular flexibility index (Phi) is 7.70. The first-order chi connectivity index (χ1) is 18.7. The molecule has 3 aromatic carbocycles. The van der Waals surface area contributed by atoms with Crippen LogP contribution in [0.1, 0.15) is 65.1 Å². The number of halogens is 3. The Morgan fingerprint density at radius 1 is 1.02 bits per heavy atom. The van der Waals surface area contributed by atoms with Gasteiger partial charge in [-0.25, -0.2) is 4.79 Å². The minimum absolute atomic E-state index is 0.333. The van der Waals surface area contributed by atoms with E-state index in [0.717, 1.165) is 39.9 Å². The average Bonchev–Trinajstić information content (AvgIpc) is 3.12. The number of rotatable bonds is 8. The Morgan fingerprint density at radius 2 is 1.70 bits per heavy atom. The molecule has 1 heterocycles. The second-order valence-corrected chi connectivity index (χ2v) is 10.4. The molecule has 0 fully saturated rings. The molecule has 0 unspecified atom stereocenters. The fourth-order valence-corrected chi connectivity index (χ4v) is 4.59. The number of carboxylic acids is 1. The van der Waals surface area contributed by atoms with Crippen LogP contribution in [0.25, 0.3) is 10.9 Å². The molecule has 0 radical (unpaired) electrons. The van der Waals surface area contributed by atoms with Crippen molar-refractivity contribution in [2.75, 3.05) is 0 Å². The van der Waals surface area contributed by atoms with E-state index >= 15 is 0 Å². The van der Waals surface area contributed by atoms with Crippen LogP contribution in [0, 0.1) is 6.92 Å². The summed E-state index contributed by atoms with van der Waals surface area (Å²) in [7, 11) is 1.92. The molecule has 6 nitrogen and oxygen atoms in total. The first kappa shape index (κ1) is 28.7. The summed E-state index contributed by atoms with van der Waals surface area (Å²) in [6, 6.07) is 17.0. The second-order valence-electron chi connectivity index (χ2n) is 10.4. The summed E-state index contributed by atoms with van der Waals surface area (Å²) >= 11 is 0. The SMILES string of the molecule is Cc1c(Cc2cccc(OC(C)(C)C(=O)O)c2)c2ccc(C(=O)N[C@@H](C)c3ccc(C(F)(F)F)cc3)cc2n1C. The minimum atomic E-state index is -4.42. The highest BCUT2D eigenvalue weighted by Gasteiger charge is 2.30. The third-order valence-electron chi connectivity index (χ3n) is 7.14. The van der Waals surface area contributed by atoms with Crippen molar-refractivity contribution in [2.24, 2.45) is 7.05 Å². The van der Waals surface area contributed by atoms with Gasteiger partial charge >= 0.3 is 12.1 Å². The molecule has 0 aliphatic carbocycles. The number of carbonyl (C=O) groups excluding carboxylic acids is 1. The Morgan fingerprint density at radius 3 is 2.33 bits per heavy atom. The summed E-state index contributed by atoms with van der Waals surface area (Å²) in [5.74, 6) is -0.930. The van der Waals surface area contributed by atoms with Crippen LogP contribution in [-0.2, 0) is 24.4 Å². The Hall–Kier alpha value is -4.27. The van der Waals surface area contributed by atoms with Gasteiger partial charge in [0.05, 0.1) is 11.6 Å². The molecule has 4 rings (SSSR count). The van der Waals surface area contributed by atoms with Crippen LogP contribution in [0.3, 0.4) is 0 Å². The van der Waals surface area contributed by atoms with E-state index in [1.165, 1.54) is 26.0 Å². The number of ether oxygens (including phenoxy) is 1. The van der Waals surface area contributed by atoms with Crippen LogP contribution in [0.2, 0.25) is 0 Å². The molecule has 0 bridgehead atoms. The molecule has 0 aliphatic rings. The van der Waals surface area contributed by atoms with Crippen LogP contribution in [0.15, 0.2) is 66.7 Å². The van der Waals surface area contributed by atoms with Crippen LogP contribution in [0.5, 0.6) is 5.75 Å². The van der Waals surface area contributed by atoms with E-state index in [2.05, 4.69) is 5.32 Å². The largest absolute Gasteiger partial charge is 0.478 e. The summed E-state index contributed by atoms with van der Waals surface area (Å²) < 4.78 is 46.3. The number of amides is 1. The summed E-state index contributed by atoms with van der Waals surface area (Å²) in [6.07, 6.45) is -3.84. The lowest BCUT2D eigenvalue weighted by molar-refractivity contribution is -0.152. The summed E-state index contributed by atoms with van der Waals surface area (Å²) in [4.78, 5) is 24.5. The number of aliphatic carboxylic acids is 1. The smallest absolute Gasteiger partial charge is 0.416 e. The van der Waals surface area contributed by atoms with Crippen molar-refractivity contribution in [2.45, 2.75) is 51.9 Å². The van der Waals surface area contributed by atoms with Gasteiger partial charge in [-0.2, -0.15) is 13.2 Å². The zero-order valence-corrected chi connectivity index (χ0v) is 22.9. The lowest BCUT2D eigenvalue weighted by Crippen LogP contribution is -2.37. The Bertz CT molecular complexity index is 1570. The number of aryl methyl sites for hydroxylation is 1. The van der Waals surface area contributed by atoms with E-state index < -0.39 is 29.4 Å². The molecule has 1 aromatic heterocycles. The molecule has 0 saturated heterocycles. The number of hydrogen-bond acceptors (Lipinski definition) is 3. The maximum atomic E-state index is 13.0. The van der Waals surface area contributed by atoms with Gasteiger partial charge < -0.3 is 19.7 Å². The van der Waals surface area contributed by atoms with Crippen molar-refractivity contribution in [3.63, 3.8) is 0 Å². The molecule has 0 saturated carbocycles. The number of hydrogen-bond donors (Lipinski definition) is 2. The number of alkyl halides is 3. The van der Waals surface area contributed by atoms with Crippen LogP contribution in [-0.4, -0.2) is 27.2 Å². The topological polar surface area (TPSA) is 80.6 Å². The van der Waals surface area contributed by atoms with Crippen LogP contribution in [0.4, 0.5) is 13.2 Å². The molecule has 0 aliphatic heterocycles. The molecule has 2 N–H and O–H groups in total. The predicted octanol–water partition coefficient (Wildman–Crippen LogP) is 6.83. The number of nitrogens with zero attached hydrogens (tertiary/aromatic N) is 1. The van der Waals surface area contributed by atoms with Gasteiger partial charge in [0.2, 0.25) is 0 Å². The molecule has 1 atom stereocenters. The third-order valence-corrected chi connectivity index (χ3v) is 7.14. The quantitative estimate of drug-likeness (QED) is 0.251. The van der Waals surface area contributed by atoms with Crippen molar-refractivity contribution in [3.05, 3.63) is 100 Å². The van der Waals surface area contributed by atoms with Gasteiger partial charge in [-0.3, -0.25) is 4.79 Å². The van der Waals surface area contributed by atoms with Crippen molar-refractivity contribution < 1.29 is 32.6 Å². The summed E-state index contributed by atoms with van der Waals surface area (Å²) in [6.45, 7) is 6.71. The van der Waals surface area contributed by atoms with Crippen LogP contribution >= 0.6 is 0 Å². The highest BCUT2D eigenvalue weighted by molar-refractivity contribution is 5.99. The van der Waals surface area contributed by atoms with Crippen molar-refractivity contribution in [1.29, 1.82) is 0 Å². The molecular weight excluding hydrogens is 521 g/mol. The van der Waals surface area contributed by atoms with Crippen molar-refractivity contribution in [1.82, 2.24) is 9.88 Å². The van der Waals surface area contributed by atoms with Gasteiger partial charge in [-0.15, -0.1) is 0 Å². The molecule has 4 aromatic rings. The Labute approximate surface area is 230 Å². The summed E-state index contributed by atoms with van der Waals surface area (Å²) in [5.41, 5.74) is 2.79. The molecule has 1 amide bonds. The summed E-state index contributed by atoms with van der Waals surface area (Å²) in [5, 5.41) is 13.2. The number of carbonyl (C=O) groups is 2. The van der Waals surface area contributed by atoms with Crippen molar-refractivity contribution in [3.8, 4) is 5.75 Å². The van der Waals surface area contributed by atoms with E-state index in [0.29, 0.717) is 23.3 Å². The standard InChI is InChI=1S/C31H31F3N2O4/c1-18(21-9-12-23(13-10-21)31(32,33)34)35-28(37)22-11-14-25-26(19(2)36(5)27(25)17-22)16-20-7-6-8-24(15-20)40-30(3,4)29(38)39/h6-15,17-18H,16H2,1-5H3,(H,35,37)(H,38,39)/t18-/m0/s1. The molecule has 210 valence electrons. The van der Waals surface area contributed by atoms with E-state index in [4.69, 9.17) is 4.74 Å². The lowest BCUT2D eigenvalue weighted by Gasteiger charge is -2.21.